The average Bonchev–Trinajstić information content (AvgIpc) is 2.37. The Hall–Kier alpha value is -1.06. The topological polar surface area (TPSA) is 29.5 Å². The first-order valence-electron chi connectivity index (χ1n) is 5.30. The van der Waals surface area contributed by atoms with E-state index in [1.165, 1.54) is 12.0 Å². The molecular weight excluding hydrogens is 226 g/mol. The van der Waals surface area contributed by atoms with Crippen LogP contribution in [0.2, 0.25) is 5.02 Å². The number of carbonyl (C=O) groups is 1. The van der Waals surface area contributed by atoms with E-state index >= 15 is 0 Å². The number of halogens is 1. The van der Waals surface area contributed by atoms with Crippen LogP contribution in [-0.4, -0.2) is 17.6 Å². The van der Waals surface area contributed by atoms with E-state index in [1.807, 2.05) is 25.1 Å². The SMILES string of the molecule is CC(=O)N1OCCc2cc(Cl)ccc2C1C. The number of rotatable bonds is 0. The van der Waals surface area contributed by atoms with E-state index in [9.17, 15) is 4.79 Å². The second-order valence-corrected chi connectivity index (χ2v) is 4.38. The zero-order valence-electron chi connectivity index (χ0n) is 9.37. The number of nitrogens with zero attached hydrogens (tertiary/aromatic N) is 1. The van der Waals surface area contributed by atoms with Crippen molar-refractivity contribution in [3.8, 4) is 0 Å². The molecule has 1 aromatic rings. The molecule has 1 aromatic carbocycles. The lowest BCUT2D eigenvalue weighted by Gasteiger charge is -2.25. The summed E-state index contributed by atoms with van der Waals surface area (Å²) in [5.74, 6) is -0.0738. The first-order valence-corrected chi connectivity index (χ1v) is 5.68. The maximum atomic E-state index is 11.4. The molecule has 0 N–H and O–H groups in total. The Morgan fingerprint density at radius 3 is 3.00 bits per heavy atom. The minimum absolute atomic E-state index is 0.0627. The molecule has 1 amide bonds. The Morgan fingerprint density at radius 2 is 2.31 bits per heavy atom. The van der Waals surface area contributed by atoms with Crippen molar-refractivity contribution in [2.45, 2.75) is 26.3 Å². The van der Waals surface area contributed by atoms with Gasteiger partial charge >= 0.3 is 0 Å². The Labute approximate surface area is 99.9 Å². The van der Waals surface area contributed by atoms with Gasteiger partial charge in [0, 0.05) is 11.9 Å². The van der Waals surface area contributed by atoms with Gasteiger partial charge in [-0.05, 0) is 36.6 Å². The van der Waals surface area contributed by atoms with Gasteiger partial charge in [0.05, 0.1) is 12.6 Å². The van der Waals surface area contributed by atoms with Crippen LogP contribution in [0.25, 0.3) is 0 Å². The summed E-state index contributed by atoms with van der Waals surface area (Å²) in [4.78, 5) is 16.9. The lowest BCUT2D eigenvalue weighted by molar-refractivity contribution is -0.195. The highest BCUT2D eigenvalue weighted by atomic mass is 35.5. The molecule has 0 bridgehead atoms. The average molecular weight is 240 g/mol. The van der Waals surface area contributed by atoms with Gasteiger partial charge in [-0.1, -0.05) is 17.7 Å². The van der Waals surface area contributed by atoms with Crippen LogP contribution in [0.1, 0.15) is 31.0 Å². The molecule has 0 fully saturated rings. The fourth-order valence-corrected chi connectivity index (χ4v) is 2.25. The molecule has 1 aliphatic heterocycles. The standard InChI is InChI=1S/C12H14ClNO2/c1-8-12-4-3-11(13)7-10(12)5-6-16-14(8)9(2)15/h3-4,7-8H,5-6H2,1-2H3. The summed E-state index contributed by atoms with van der Waals surface area (Å²) >= 11 is 5.96. The van der Waals surface area contributed by atoms with E-state index in [2.05, 4.69) is 0 Å². The molecule has 0 radical (unpaired) electrons. The molecule has 0 saturated heterocycles. The smallest absolute Gasteiger partial charge is 0.243 e. The quantitative estimate of drug-likeness (QED) is 0.697. The van der Waals surface area contributed by atoms with Crippen molar-refractivity contribution in [2.75, 3.05) is 6.61 Å². The molecule has 3 nitrogen and oxygen atoms in total. The van der Waals surface area contributed by atoms with Gasteiger partial charge < -0.3 is 0 Å². The van der Waals surface area contributed by atoms with Crippen LogP contribution >= 0.6 is 11.6 Å². The molecule has 4 heteroatoms. The van der Waals surface area contributed by atoms with Gasteiger partial charge in [0.15, 0.2) is 0 Å². The van der Waals surface area contributed by atoms with Gasteiger partial charge in [0.25, 0.3) is 0 Å². The Morgan fingerprint density at radius 1 is 1.56 bits per heavy atom. The van der Waals surface area contributed by atoms with E-state index in [-0.39, 0.29) is 11.9 Å². The fraction of sp³-hybridized carbons (Fsp3) is 0.417. The molecule has 0 saturated carbocycles. The van der Waals surface area contributed by atoms with Crippen LogP contribution in [0.3, 0.4) is 0 Å². The third-order valence-electron chi connectivity index (χ3n) is 2.82. The Bertz CT molecular complexity index is 419. The van der Waals surface area contributed by atoms with Crippen molar-refractivity contribution in [2.24, 2.45) is 0 Å². The minimum Gasteiger partial charge on any atom is -0.273 e. The van der Waals surface area contributed by atoms with Crippen molar-refractivity contribution in [3.05, 3.63) is 34.3 Å². The predicted molar refractivity (Wildman–Crippen MR) is 62.0 cm³/mol. The number of benzene rings is 1. The summed E-state index contributed by atoms with van der Waals surface area (Å²) in [7, 11) is 0. The van der Waals surface area contributed by atoms with E-state index in [0.717, 1.165) is 22.6 Å². The fourth-order valence-electron chi connectivity index (χ4n) is 2.05. The molecule has 1 aliphatic rings. The molecular formula is C12H14ClNO2. The normalized spacial score (nSPS) is 20.2. The molecule has 0 spiro atoms. The van der Waals surface area contributed by atoms with Gasteiger partial charge in [-0.2, -0.15) is 0 Å². The summed E-state index contributed by atoms with van der Waals surface area (Å²) in [5, 5.41) is 2.15. The van der Waals surface area contributed by atoms with Crippen LogP contribution in [0.5, 0.6) is 0 Å². The summed E-state index contributed by atoms with van der Waals surface area (Å²) < 4.78 is 0. The summed E-state index contributed by atoms with van der Waals surface area (Å²) in [6, 6.07) is 5.70. The van der Waals surface area contributed by atoms with Gasteiger partial charge in [0.2, 0.25) is 5.91 Å². The Kier molecular flexibility index (Phi) is 3.17. The molecule has 1 heterocycles. The maximum absolute atomic E-state index is 11.4. The maximum Gasteiger partial charge on any atom is 0.243 e. The van der Waals surface area contributed by atoms with Crippen LogP contribution in [0.15, 0.2) is 18.2 Å². The third-order valence-corrected chi connectivity index (χ3v) is 3.05. The van der Waals surface area contributed by atoms with Gasteiger partial charge in [-0.3, -0.25) is 9.63 Å². The monoisotopic (exact) mass is 239 g/mol. The van der Waals surface area contributed by atoms with Crippen LogP contribution in [0, 0.1) is 0 Å². The summed E-state index contributed by atoms with van der Waals surface area (Å²) in [6.07, 6.45) is 0.782. The van der Waals surface area contributed by atoms with Gasteiger partial charge in [-0.15, -0.1) is 0 Å². The second-order valence-electron chi connectivity index (χ2n) is 3.95. The first-order chi connectivity index (χ1) is 7.59. The zero-order chi connectivity index (χ0) is 11.7. The van der Waals surface area contributed by atoms with Crippen molar-refractivity contribution in [3.63, 3.8) is 0 Å². The van der Waals surface area contributed by atoms with Crippen LogP contribution in [-0.2, 0) is 16.1 Å². The number of hydrogen-bond donors (Lipinski definition) is 0. The number of amides is 1. The highest BCUT2D eigenvalue weighted by Gasteiger charge is 2.24. The number of carbonyl (C=O) groups excluding carboxylic acids is 1. The lowest BCUT2D eigenvalue weighted by Crippen LogP contribution is -2.30. The van der Waals surface area contributed by atoms with Crippen molar-refractivity contribution >= 4 is 17.5 Å². The number of hydrogen-bond acceptors (Lipinski definition) is 2. The highest BCUT2D eigenvalue weighted by molar-refractivity contribution is 6.30. The van der Waals surface area contributed by atoms with E-state index in [1.54, 1.807) is 0 Å². The predicted octanol–water partition coefficient (Wildman–Crippen LogP) is 2.74. The van der Waals surface area contributed by atoms with Gasteiger partial charge in [-0.25, -0.2) is 5.06 Å². The van der Waals surface area contributed by atoms with Crippen molar-refractivity contribution in [1.29, 1.82) is 0 Å². The zero-order valence-corrected chi connectivity index (χ0v) is 10.1. The molecule has 1 unspecified atom stereocenters. The lowest BCUT2D eigenvalue weighted by atomic mass is 9.99. The third kappa shape index (κ3) is 2.06. The molecule has 86 valence electrons. The molecule has 2 rings (SSSR count). The molecule has 1 atom stereocenters. The van der Waals surface area contributed by atoms with E-state index in [4.69, 9.17) is 16.4 Å². The first kappa shape index (κ1) is 11.4. The number of fused-ring (bicyclic) bond motifs is 1. The van der Waals surface area contributed by atoms with Crippen LogP contribution in [0.4, 0.5) is 0 Å². The second kappa shape index (κ2) is 4.44. The van der Waals surface area contributed by atoms with Crippen molar-refractivity contribution in [1.82, 2.24) is 5.06 Å². The van der Waals surface area contributed by atoms with Gasteiger partial charge in [0.1, 0.15) is 0 Å². The Balaban J connectivity index is 2.41. The van der Waals surface area contributed by atoms with E-state index in [0.29, 0.717) is 6.61 Å². The van der Waals surface area contributed by atoms with Crippen LogP contribution < -0.4 is 0 Å². The van der Waals surface area contributed by atoms with Crippen molar-refractivity contribution < 1.29 is 9.63 Å². The highest BCUT2D eigenvalue weighted by Crippen LogP contribution is 2.29. The molecule has 0 aliphatic carbocycles. The largest absolute Gasteiger partial charge is 0.273 e. The summed E-state index contributed by atoms with van der Waals surface area (Å²) in [6.45, 7) is 3.98. The minimum atomic E-state index is -0.0738. The molecule has 0 aromatic heterocycles. The number of hydroxylamine groups is 2. The molecule has 16 heavy (non-hydrogen) atoms. The van der Waals surface area contributed by atoms with E-state index < -0.39 is 0 Å². The summed E-state index contributed by atoms with van der Waals surface area (Å²) in [5.41, 5.74) is 2.26.